The van der Waals surface area contributed by atoms with Crippen molar-refractivity contribution in [1.82, 2.24) is 5.32 Å². The summed E-state index contributed by atoms with van der Waals surface area (Å²) in [5, 5.41) is 12.4. The molecule has 0 radical (unpaired) electrons. The van der Waals surface area contributed by atoms with Crippen LogP contribution >= 0.6 is 0 Å². The lowest BCUT2D eigenvalue weighted by Gasteiger charge is -2.33. The molecular weight excluding hydrogens is 192 g/mol. The zero-order valence-corrected chi connectivity index (χ0v) is 10.3. The number of nitrogens with one attached hydrogen (secondary N) is 1. The lowest BCUT2D eigenvalue weighted by molar-refractivity contribution is 0.0785. The minimum atomic E-state index is -0.189. The zero-order valence-electron chi connectivity index (χ0n) is 10.3. The summed E-state index contributed by atoms with van der Waals surface area (Å²) in [6, 6.07) is 0.309. The third-order valence-electron chi connectivity index (χ3n) is 2.60. The monoisotopic (exact) mass is 218 g/mol. The van der Waals surface area contributed by atoms with Gasteiger partial charge in [-0.3, -0.25) is 0 Å². The quantitative estimate of drug-likeness (QED) is 0.527. The molecule has 0 saturated heterocycles. The largest absolute Gasteiger partial charge is 0.396 e. The lowest BCUT2D eigenvalue weighted by atomic mass is 10.0. The van der Waals surface area contributed by atoms with Gasteiger partial charge in [-0.25, -0.2) is 0 Å². The van der Waals surface area contributed by atoms with Crippen LogP contribution in [0, 0.1) is 0 Å². The van der Waals surface area contributed by atoms with E-state index in [1.807, 2.05) is 6.92 Å². The van der Waals surface area contributed by atoms with Crippen LogP contribution in [0.1, 0.15) is 33.6 Å². The Morgan fingerprint density at radius 2 is 2.13 bits per heavy atom. The third-order valence-corrected chi connectivity index (χ3v) is 2.60. The molecule has 0 heterocycles. The second-order valence-corrected chi connectivity index (χ2v) is 4.16. The normalized spacial score (nSPS) is 17.4. The van der Waals surface area contributed by atoms with Gasteiger partial charge in [0, 0.05) is 25.8 Å². The highest BCUT2D eigenvalue weighted by atomic mass is 16.5. The van der Waals surface area contributed by atoms with Gasteiger partial charge in [0.15, 0.2) is 0 Å². The first-order valence-electron chi connectivity index (χ1n) is 5.78. The molecule has 0 aromatic carbocycles. The van der Waals surface area contributed by atoms with Crippen LogP contribution < -0.4 is 11.1 Å². The van der Waals surface area contributed by atoms with Crippen LogP contribution in [0.3, 0.4) is 0 Å². The van der Waals surface area contributed by atoms with Crippen LogP contribution in [0.25, 0.3) is 0 Å². The van der Waals surface area contributed by atoms with Crippen molar-refractivity contribution in [3.8, 4) is 0 Å². The number of aliphatic hydroxyl groups is 1. The summed E-state index contributed by atoms with van der Waals surface area (Å²) in [5.74, 6) is 0. The molecule has 0 aromatic rings. The van der Waals surface area contributed by atoms with Crippen molar-refractivity contribution < 1.29 is 9.84 Å². The summed E-state index contributed by atoms with van der Waals surface area (Å²) >= 11 is 0. The van der Waals surface area contributed by atoms with E-state index in [1.54, 1.807) is 0 Å². The van der Waals surface area contributed by atoms with Crippen molar-refractivity contribution >= 4 is 0 Å². The fourth-order valence-electron chi connectivity index (χ4n) is 1.51. The van der Waals surface area contributed by atoms with E-state index in [0.29, 0.717) is 25.8 Å². The summed E-state index contributed by atoms with van der Waals surface area (Å²) < 4.78 is 5.41. The average molecular weight is 218 g/mol. The minimum Gasteiger partial charge on any atom is -0.396 e. The van der Waals surface area contributed by atoms with E-state index in [-0.39, 0.29) is 12.1 Å². The van der Waals surface area contributed by atoms with Crippen LogP contribution in [-0.4, -0.2) is 43.1 Å². The van der Waals surface area contributed by atoms with Crippen molar-refractivity contribution in [2.24, 2.45) is 5.73 Å². The van der Waals surface area contributed by atoms with Crippen LogP contribution in [0.5, 0.6) is 0 Å². The second-order valence-electron chi connectivity index (χ2n) is 4.16. The summed E-state index contributed by atoms with van der Waals surface area (Å²) in [5.41, 5.74) is 5.55. The molecule has 0 amide bonds. The predicted molar refractivity (Wildman–Crippen MR) is 62.9 cm³/mol. The summed E-state index contributed by atoms with van der Waals surface area (Å²) in [7, 11) is 0. The smallest absolute Gasteiger partial charge is 0.0657 e. The molecule has 0 aliphatic heterocycles. The van der Waals surface area contributed by atoms with Gasteiger partial charge in [-0.1, -0.05) is 6.92 Å². The Bertz CT molecular complexity index is 156. The van der Waals surface area contributed by atoms with E-state index in [4.69, 9.17) is 15.6 Å². The molecule has 0 rings (SSSR count). The number of hydrogen-bond donors (Lipinski definition) is 3. The highest BCUT2D eigenvalue weighted by Crippen LogP contribution is 2.08. The number of hydrogen-bond acceptors (Lipinski definition) is 4. The SMILES string of the molecule is CCOCC(C)(CN)NC(CC)CCO. The molecule has 2 unspecified atom stereocenters. The maximum absolute atomic E-state index is 8.91. The minimum absolute atomic E-state index is 0.189. The number of aliphatic hydroxyl groups excluding tert-OH is 1. The number of ether oxygens (including phenoxy) is 1. The maximum atomic E-state index is 8.91. The predicted octanol–water partition coefficient (Wildman–Crippen LogP) is 0.491. The van der Waals surface area contributed by atoms with Crippen LogP contribution in [0.15, 0.2) is 0 Å². The molecule has 4 heteroatoms. The van der Waals surface area contributed by atoms with Crippen molar-refractivity contribution in [3.05, 3.63) is 0 Å². The highest BCUT2D eigenvalue weighted by molar-refractivity contribution is 4.87. The molecule has 0 saturated carbocycles. The van der Waals surface area contributed by atoms with Crippen molar-refractivity contribution in [2.45, 2.75) is 45.2 Å². The Labute approximate surface area is 93.2 Å². The molecule has 0 aliphatic carbocycles. The highest BCUT2D eigenvalue weighted by Gasteiger charge is 2.25. The van der Waals surface area contributed by atoms with Gasteiger partial charge in [-0.05, 0) is 26.7 Å². The first-order chi connectivity index (χ1) is 7.11. The molecular formula is C11H26N2O2. The van der Waals surface area contributed by atoms with Crippen molar-refractivity contribution in [3.63, 3.8) is 0 Å². The average Bonchev–Trinajstić information content (AvgIpc) is 2.26. The number of nitrogens with two attached hydrogens (primary N) is 1. The van der Waals surface area contributed by atoms with Gasteiger partial charge in [0.1, 0.15) is 0 Å². The molecule has 0 aliphatic rings. The molecule has 4 nitrogen and oxygen atoms in total. The van der Waals surface area contributed by atoms with Crippen molar-refractivity contribution in [2.75, 3.05) is 26.4 Å². The molecule has 0 bridgehead atoms. The first-order valence-corrected chi connectivity index (χ1v) is 5.78. The fraction of sp³-hybridized carbons (Fsp3) is 1.00. The zero-order chi connectivity index (χ0) is 11.7. The van der Waals surface area contributed by atoms with Gasteiger partial charge in [-0.2, -0.15) is 0 Å². The molecule has 0 aromatic heterocycles. The summed E-state index contributed by atoms with van der Waals surface area (Å²) in [6.45, 7) is 8.20. The van der Waals surface area contributed by atoms with Gasteiger partial charge < -0.3 is 20.9 Å². The topological polar surface area (TPSA) is 67.5 Å². The Balaban J connectivity index is 4.12. The summed E-state index contributed by atoms with van der Waals surface area (Å²) in [6.07, 6.45) is 1.75. The molecule has 15 heavy (non-hydrogen) atoms. The van der Waals surface area contributed by atoms with Crippen LogP contribution in [0.2, 0.25) is 0 Å². The molecule has 4 N–H and O–H groups in total. The van der Waals surface area contributed by atoms with Gasteiger partial charge in [0.05, 0.1) is 12.1 Å². The van der Waals surface area contributed by atoms with Gasteiger partial charge in [0.2, 0.25) is 0 Å². The standard InChI is InChI=1S/C11H26N2O2/c1-4-10(6-7-14)13-11(3,8-12)9-15-5-2/h10,13-14H,4-9,12H2,1-3H3. The molecule has 92 valence electrons. The van der Waals surface area contributed by atoms with E-state index >= 15 is 0 Å². The van der Waals surface area contributed by atoms with Gasteiger partial charge in [-0.15, -0.1) is 0 Å². The molecule has 0 spiro atoms. The Hall–Kier alpha value is -0.160. The molecule has 0 fully saturated rings. The molecule has 2 atom stereocenters. The second kappa shape index (κ2) is 8.05. The van der Waals surface area contributed by atoms with E-state index in [9.17, 15) is 0 Å². The van der Waals surface area contributed by atoms with Gasteiger partial charge in [0.25, 0.3) is 0 Å². The van der Waals surface area contributed by atoms with Gasteiger partial charge >= 0.3 is 0 Å². The Morgan fingerprint density at radius 3 is 2.53 bits per heavy atom. The van der Waals surface area contributed by atoms with Crippen LogP contribution in [0.4, 0.5) is 0 Å². The number of rotatable bonds is 9. The Kier molecular flexibility index (Phi) is 7.96. The lowest BCUT2D eigenvalue weighted by Crippen LogP contribution is -2.56. The van der Waals surface area contributed by atoms with E-state index in [1.165, 1.54) is 0 Å². The maximum Gasteiger partial charge on any atom is 0.0657 e. The first kappa shape index (κ1) is 14.8. The third kappa shape index (κ3) is 6.10. The van der Waals surface area contributed by atoms with E-state index in [0.717, 1.165) is 12.8 Å². The van der Waals surface area contributed by atoms with E-state index in [2.05, 4.69) is 19.2 Å². The van der Waals surface area contributed by atoms with Crippen molar-refractivity contribution in [1.29, 1.82) is 0 Å². The van der Waals surface area contributed by atoms with Crippen LogP contribution in [-0.2, 0) is 4.74 Å². The fourth-order valence-corrected chi connectivity index (χ4v) is 1.51. The summed E-state index contributed by atoms with van der Waals surface area (Å²) in [4.78, 5) is 0. The Morgan fingerprint density at radius 1 is 1.47 bits per heavy atom. The van der Waals surface area contributed by atoms with E-state index < -0.39 is 0 Å².